The van der Waals surface area contributed by atoms with E-state index in [4.69, 9.17) is 4.42 Å². The molecule has 0 aliphatic carbocycles. The molecule has 0 radical (unpaired) electrons. The highest BCUT2D eigenvalue weighted by Gasteiger charge is 2.11. The highest BCUT2D eigenvalue weighted by molar-refractivity contribution is 7.98. The van der Waals surface area contributed by atoms with Crippen LogP contribution in [0.15, 0.2) is 33.7 Å². The van der Waals surface area contributed by atoms with Crippen LogP contribution in [0.4, 0.5) is 5.82 Å². The molecule has 2 aromatic rings. The Balaban J connectivity index is 1.90. The van der Waals surface area contributed by atoms with Crippen LogP contribution in [0.2, 0.25) is 0 Å². The fraction of sp³-hybridized carbons (Fsp3) is 0.286. The molecule has 2 aromatic heterocycles. The third kappa shape index (κ3) is 4.32. The van der Waals surface area contributed by atoms with Gasteiger partial charge in [-0.2, -0.15) is 0 Å². The van der Waals surface area contributed by atoms with Crippen LogP contribution < -0.4 is 5.32 Å². The van der Waals surface area contributed by atoms with Crippen LogP contribution >= 0.6 is 11.8 Å². The van der Waals surface area contributed by atoms with Gasteiger partial charge in [0.15, 0.2) is 5.82 Å². The number of aromatic nitrogens is 2. The standard InChI is InChI=1S/C14H15N3O4S/c1-3-12(18)15-11-6-7-13(17-16-11)22-8-9-4-5-10(21-9)14(19)20-2/h4-7H,3,8H2,1-2H3,(H,15,16,18). The predicted octanol–water partition coefficient (Wildman–Crippen LogP) is 2.50. The van der Waals surface area contributed by atoms with Crippen molar-refractivity contribution in [1.82, 2.24) is 10.2 Å². The van der Waals surface area contributed by atoms with Crippen LogP contribution in [0.3, 0.4) is 0 Å². The lowest BCUT2D eigenvalue weighted by Gasteiger charge is -2.02. The summed E-state index contributed by atoms with van der Waals surface area (Å²) >= 11 is 1.41. The van der Waals surface area contributed by atoms with Crippen molar-refractivity contribution in [3.8, 4) is 0 Å². The maximum absolute atomic E-state index is 11.3. The SMILES string of the molecule is CCC(=O)Nc1ccc(SCc2ccc(C(=O)OC)o2)nn1. The Morgan fingerprint density at radius 1 is 1.27 bits per heavy atom. The number of anilines is 1. The Hall–Kier alpha value is -2.35. The van der Waals surface area contributed by atoms with E-state index >= 15 is 0 Å². The second-order valence-corrected chi connectivity index (χ2v) is 5.20. The number of furan rings is 1. The number of carbonyl (C=O) groups is 2. The van der Waals surface area contributed by atoms with Gasteiger partial charge in [0.1, 0.15) is 10.8 Å². The molecule has 8 heteroatoms. The van der Waals surface area contributed by atoms with Crippen LogP contribution in [0.1, 0.15) is 29.7 Å². The summed E-state index contributed by atoms with van der Waals surface area (Å²) < 4.78 is 9.92. The molecule has 7 nitrogen and oxygen atoms in total. The van der Waals surface area contributed by atoms with E-state index in [1.165, 1.54) is 18.9 Å². The second kappa shape index (κ2) is 7.60. The molecule has 0 aliphatic rings. The Kier molecular flexibility index (Phi) is 5.54. The van der Waals surface area contributed by atoms with E-state index in [9.17, 15) is 9.59 Å². The van der Waals surface area contributed by atoms with Crippen LogP contribution in [0, 0.1) is 0 Å². The molecule has 0 aliphatic heterocycles. The molecule has 0 bridgehead atoms. The molecule has 0 fully saturated rings. The number of carbonyl (C=O) groups excluding carboxylic acids is 2. The lowest BCUT2D eigenvalue weighted by Crippen LogP contribution is -2.11. The van der Waals surface area contributed by atoms with Gasteiger partial charge in [-0.25, -0.2) is 4.79 Å². The van der Waals surface area contributed by atoms with Crippen molar-refractivity contribution in [2.45, 2.75) is 24.1 Å². The summed E-state index contributed by atoms with van der Waals surface area (Å²) in [7, 11) is 1.30. The Bertz CT molecular complexity index is 654. The monoisotopic (exact) mass is 321 g/mol. The number of amides is 1. The summed E-state index contributed by atoms with van der Waals surface area (Å²) in [6, 6.07) is 6.72. The van der Waals surface area contributed by atoms with Crippen molar-refractivity contribution < 1.29 is 18.7 Å². The Morgan fingerprint density at radius 2 is 2.09 bits per heavy atom. The highest BCUT2D eigenvalue weighted by Crippen LogP contribution is 2.22. The number of methoxy groups -OCH3 is 1. The average molecular weight is 321 g/mol. The molecule has 0 aromatic carbocycles. The number of hydrogen-bond donors (Lipinski definition) is 1. The molecule has 0 atom stereocenters. The van der Waals surface area contributed by atoms with Crippen molar-refractivity contribution in [3.05, 3.63) is 35.8 Å². The molecule has 116 valence electrons. The van der Waals surface area contributed by atoms with Crippen molar-refractivity contribution in [1.29, 1.82) is 0 Å². The molecule has 1 amide bonds. The first-order valence-corrected chi connectivity index (χ1v) is 7.54. The van der Waals surface area contributed by atoms with Crippen molar-refractivity contribution in [3.63, 3.8) is 0 Å². The van der Waals surface area contributed by atoms with Gasteiger partial charge < -0.3 is 14.5 Å². The Labute approximate surface area is 131 Å². The van der Waals surface area contributed by atoms with E-state index in [-0.39, 0.29) is 11.7 Å². The summed E-state index contributed by atoms with van der Waals surface area (Å²) in [5, 5.41) is 11.2. The minimum Gasteiger partial charge on any atom is -0.463 e. The lowest BCUT2D eigenvalue weighted by atomic mass is 10.4. The van der Waals surface area contributed by atoms with Gasteiger partial charge in [-0.05, 0) is 24.3 Å². The maximum atomic E-state index is 11.3. The van der Waals surface area contributed by atoms with E-state index in [2.05, 4.69) is 20.3 Å². The average Bonchev–Trinajstić information content (AvgIpc) is 3.02. The van der Waals surface area contributed by atoms with Gasteiger partial charge in [0.25, 0.3) is 0 Å². The van der Waals surface area contributed by atoms with Crippen LogP contribution in [-0.2, 0) is 15.3 Å². The van der Waals surface area contributed by atoms with Gasteiger partial charge in [-0.15, -0.1) is 10.2 Å². The molecule has 2 rings (SSSR count). The molecule has 22 heavy (non-hydrogen) atoms. The van der Waals surface area contributed by atoms with Crippen LogP contribution in [0.5, 0.6) is 0 Å². The van der Waals surface area contributed by atoms with E-state index < -0.39 is 5.97 Å². The topological polar surface area (TPSA) is 94.3 Å². The number of rotatable bonds is 6. The zero-order valence-corrected chi connectivity index (χ0v) is 13.0. The molecule has 0 unspecified atom stereocenters. The Morgan fingerprint density at radius 3 is 2.73 bits per heavy atom. The first-order valence-electron chi connectivity index (χ1n) is 6.55. The normalized spacial score (nSPS) is 10.3. The largest absolute Gasteiger partial charge is 0.463 e. The van der Waals surface area contributed by atoms with Gasteiger partial charge in [-0.1, -0.05) is 18.7 Å². The minimum atomic E-state index is -0.507. The molecular formula is C14H15N3O4S. The lowest BCUT2D eigenvalue weighted by molar-refractivity contribution is -0.115. The molecule has 0 saturated heterocycles. The first-order chi connectivity index (χ1) is 10.6. The van der Waals surface area contributed by atoms with Gasteiger partial charge in [0, 0.05) is 6.42 Å². The number of nitrogens with zero attached hydrogens (tertiary/aromatic N) is 2. The highest BCUT2D eigenvalue weighted by atomic mass is 32.2. The second-order valence-electron chi connectivity index (χ2n) is 4.20. The van der Waals surface area contributed by atoms with E-state index in [1.54, 1.807) is 31.2 Å². The molecule has 2 heterocycles. The fourth-order valence-corrected chi connectivity index (χ4v) is 2.21. The zero-order valence-electron chi connectivity index (χ0n) is 12.2. The van der Waals surface area contributed by atoms with Gasteiger partial charge >= 0.3 is 5.97 Å². The number of thioether (sulfide) groups is 1. The van der Waals surface area contributed by atoms with Crippen molar-refractivity contribution >= 4 is 29.5 Å². The molecule has 1 N–H and O–H groups in total. The van der Waals surface area contributed by atoms with E-state index in [1.807, 2.05) is 0 Å². The first kappa shape index (κ1) is 16.0. The van der Waals surface area contributed by atoms with Gasteiger partial charge in [-0.3, -0.25) is 4.79 Å². The van der Waals surface area contributed by atoms with Crippen LogP contribution in [0.25, 0.3) is 0 Å². The number of esters is 1. The molecule has 0 saturated carbocycles. The third-order valence-electron chi connectivity index (χ3n) is 2.64. The maximum Gasteiger partial charge on any atom is 0.373 e. The summed E-state index contributed by atoms with van der Waals surface area (Å²) in [6.45, 7) is 1.76. The summed E-state index contributed by atoms with van der Waals surface area (Å²) in [5.74, 6) is 1.11. The quantitative estimate of drug-likeness (QED) is 0.645. The number of ether oxygens (including phenoxy) is 1. The van der Waals surface area contributed by atoms with Gasteiger partial charge in [0.05, 0.1) is 12.9 Å². The third-order valence-corrected chi connectivity index (χ3v) is 3.58. The van der Waals surface area contributed by atoms with E-state index in [0.717, 1.165) is 0 Å². The smallest absolute Gasteiger partial charge is 0.373 e. The van der Waals surface area contributed by atoms with Crippen molar-refractivity contribution in [2.75, 3.05) is 12.4 Å². The van der Waals surface area contributed by atoms with E-state index in [0.29, 0.717) is 28.8 Å². The minimum absolute atomic E-state index is 0.111. The summed E-state index contributed by atoms with van der Waals surface area (Å²) in [4.78, 5) is 22.5. The fourth-order valence-electron chi connectivity index (χ4n) is 1.51. The molecule has 0 spiro atoms. The summed E-state index contributed by atoms with van der Waals surface area (Å²) in [6.07, 6.45) is 0.388. The molecular weight excluding hydrogens is 306 g/mol. The summed E-state index contributed by atoms with van der Waals surface area (Å²) in [5.41, 5.74) is 0. The number of nitrogens with one attached hydrogen (secondary N) is 1. The van der Waals surface area contributed by atoms with Crippen molar-refractivity contribution in [2.24, 2.45) is 0 Å². The zero-order chi connectivity index (χ0) is 15.9. The van der Waals surface area contributed by atoms with Gasteiger partial charge in [0.2, 0.25) is 11.7 Å². The predicted molar refractivity (Wildman–Crippen MR) is 80.6 cm³/mol. The van der Waals surface area contributed by atoms with Crippen LogP contribution in [-0.4, -0.2) is 29.2 Å². The number of hydrogen-bond acceptors (Lipinski definition) is 7.